The van der Waals surface area contributed by atoms with Crippen molar-refractivity contribution in [1.82, 2.24) is 9.97 Å². The molecule has 7 nitrogen and oxygen atoms in total. The molecule has 2 heterocycles. The molecule has 1 aromatic rings. The molecule has 1 atom stereocenters. The van der Waals surface area contributed by atoms with E-state index in [9.17, 15) is 4.79 Å². The highest BCUT2D eigenvalue weighted by atomic mass is 16.5. The zero-order valence-corrected chi connectivity index (χ0v) is 8.98. The molecular formula is C9H12N4O3. The summed E-state index contributed by atoms with van der Waals surface area (Å²) in [5.41, 5.74) is 0.461. The summed E-state index contributed by atoms with van der Waals surface area (Å²) in [4.78, 5) is 19.6. The van der Waals surface area contributed by atoms with Crippen molar-refractivity contribution in [2.45, 2.75) is 6.04 Å². The Morgan fingerprint density at radius 2 is 2.25 bits per heavy atom. The lowest BCUT2D eigenvalue weighted by molar-refractivity contribution is -0.118. The molecule has 1 amide bonds. The number of nitrogens with one attached hydrogen (secondary N) is 2. The van der Waals surface area contributed by atoms with E-state index in [2.05, 4.69) is 20.6 Å². The number of rotatable bonds is 3. The second kappa shape index (κ2) is 4.31. The first-order valence-corrected chi connectivity index (χ1v) is 4.71. The molecule has 0 aromatic carbocycles. The van der Waals surface area contributed by atoms with Crippen LogP contribution in [0.25, 0.3) is 0 Å². The van der Waals surface area contributed by atoms with Crippen molar-refractivity contribution in [3.05, 3.63) is 6.33 Å². The Morgan fingerprint density at radius 3 is 2.94 bits per heavy atom. The van der Waals surface area contributed by atoms with E-state index < -0.39 is 6.04 Å². The summed E-state index contributed by atoms with van der Waals surface area (Å²) in [6, 6.07) is -0.447. The fourth-order valence-electron chi connectivity index (χ4n) is 1.47. The van der Waals surface area contributed by atoms with Gasteiger partial charge in [0.05, 0.1) is 13.7 Å². The number of ether oxygens (including phenoxy) is 2. The van der Waals surface area contributed by atoms with Gasteiger partial charge in [-0.1, -0.05) is 0 Å². The number of hydrogen-bond acceptors (Lipinski definition) is 6. The van der Waals surface area contributed by atoms with Crippen molar-refractivity contribution in [1.29, 1.82) is 0 Å². The van der Waals surface area contributed by atoms with E-state index in [4.69, 9.17) is 9.47 Å². The second-order valence-electron chi connectivity index (χ2n) is 3.25. The normalized spacial score (nSPS) is 18.4. The SMILES string of the molecule is COCC1Nc2ncnc(OC)c2NC1=O. The number of fused-ring (bicyclic) bond motifs is 1. The van der Waals surface area contributed by atoms with Gasteiger partial charge >= 0.3 is 0 Å². The summed E-state index contributed by atoms with van der Waals surface area (Å²) >= 11 is 0. The maximum absolute atomic E-state index is 11.7. The molecule has 0 spiro atoms. The lowest BCUT2D eigenvalue weighted by Gasteiger charge is -2.25. The molecular weight excluding hydrogens is 212 g/mol. The predicted molar refractivity (Wildman–Crippen MR) is 56.5 cm³/mol. The van der Waals surface area contributed by atoms with Gasteiger partial charge in [0.25, 0.3) is 0 Å². The van der Waals surface area contributed by atoms with Crippen LogP contribution in [0.4, 0.5) is 11.5 Å². The number of aromatic nitrogens is 2. The van der Waals surface area contributed by atoms with Crippen molar-refractivity contribution in [3.63, 3.8) is 0 Å². The Labute approximate surface area is 92.2 Å². The summed E-state index contributed by atoms with van der Waals surface area (Å²) in [6.45, 7) is 0.275. The van der Waals surface area contributed by atoms with Crippen LogP contribution in [-0.4, -0.2) is 42.7 Å². The zero-order valence-electron chi connectivity index (χ0n) is 8.98. The molecule has 0 bridgehead atoms. The highest BCUT2D eigenvalue weighted by Gasteiger charge is 2.28. The van der Waals surface area contributed by atoms with Crippen molar-refractivity contribution >= 4 is 17.4 Å². The quantitative estimate of drug-likeness (QED) is 0.743. The van der Waals surface area contributed by atoms with Crippen LogP contribution < -0.4 is 15.4 Å². The highest BCUT2D eigenvalue weighted by molar-refractivity contribution is 6.03. The minimum Gasteiger partial charge on any atom is -0.479 e. The van der Waals surface area contributed by atoms with Crippen molar-refractivity contribution in [2.24, 2.45) is 0 Å². The van der Waals surface area contributed by atoms with Gasteiger partial charge in [-0.3, -0.25) is 4.79 Å². The predicted octanol–water partition coefficient (Wildman–Crippen LogP) is -0.136. The number of amides is 1. The van der Waals surface area contributed by atoms with Gasteiger partial charge in [0, 0.05) is 7.11 Å². The first-order chi connectivity index (χ1) is 7.76. The van der Waals surface area contributed by atoms with Crippen LogP contribution in [-0.2, 0) is 9.53 Å². The molecule has 1 aliphatic rings. The van der Waals surface area contributed by atoms with Gasteiger partial charge in [-0.05, 0) is 0 Å². The smallest absolute Gasteiger partial charge is 0.249 e. The summed E-state index contributed by atoms with van der Waals surface area (Å²) in [6.07, 6.45) is 1.37. The van der Waals surface area contributed by atoms with Crippen LogP contribution in [0.1, 0.15) is 0 Å². The fraction of sp³-hybridized carbons (Fsp3) is 0.444. The lowest BCUT2D eigenvalue weighted by atomic mass is 10.2. The van der Waals surface area contributed by atoms with Gasteiger partial charge < -0.3 is 20.1 Å². The maximum atomic E-state index is 11.7. The third kappa shape index (κ3) is 1.76. The molecule has 2 rings (SSSR count). The summed E-state index contributed by atoms with van der Waals surface area (Å²) in [5, 5.41) is 5.64. The van der Waals surface area contributed by atoms with E-state index in [1.165, 1.54) is 20.5 Å². The minimum atomic E-state index is -0.447. The van der Waals surface area contributed by atoms with Crippen molar-refractivity contribution < 1.29 is 14.3 Å². The van der Waals surface area contributed by atoms with Crippen LogP contribution in [0.3, 0.4) is 0 Å². The fourth-order valence-corrected chi connectivity index (χ4v) is 1.47. The van der Waals surface area contributed by atoms with Gasteiger partial charge in [0.2, 0.25) is 11.8 Å². The number of anilines is 2. The molecule has 0 radical (unpaired) electrons. The topological polar surface area (TPSA) is 85.4 Å². The van der Waals surface area contributed by atoms with Crippen LogP contribution >= 0.6 is 0 Å². The molecule has 2 N–H and O–H groups in total. The van der Waals surface area contributed by atoms with E-state index in [0.717, 1.165) is 0 Å². The third-order valence-electron chi connectivity index (χ3n) is 2.21. The number of nitrogens with zero attached hydrogens (tertiary/aromatic N) is 2. The number of methoxy groups -OCH3 is 2. The van der Waals surface area contributed by atoms with Crippen molar-refractivity contribution in [3.8, 4) is 5.88 Å². The molecule has 1 unspecified atom stereocenters. The van der Waals surface area contributed by atoms with E-state index in [0.29, 0.717) is 17.4 Å². The number of carbonyl (C=O) groups is 1. The van der Waals surface area contributed by atoms with Crippen LogP contribution in [0, 0.1) is 0 Å². The molecule has 0 aliphatic carbocycles. The van der Waals surface area contributed by atoms with Crippen LogP contribution in [0.15, 0.2) is 6.33 Å². The zero-order chi connectivity index (χ0) is 11.5. The maximum Gasteiger partial charge on any atom is 0.249 e. The molecule has 0 fully saturated rings. The Hall–Kier alpha value is -1.89. The molecule has 7 heteroatoms. The number of hydrogen-bond donors (Lipinski definition) is 2. The first-order valence-electron chi connectivity index (χ1n) is 4.71. The van der Waals surface area contributed by atoms with E-state index in [1.807, 2.05) is 0 Å². The van der Waals surface area contributed by atoms with Gasteiger partial charge in [-0.2, -0.15) is 4.98 Å². The average Bonchev–Trinajstić information content (AvgIpc) is 2.30. The average molecular weight is 224 g/mol. The van der Waals surface area contributed by atoms with Crippen LogP contribution in [0.5, 0.6) is 5.88 Å². The van der Waals surface area contributed by atoms with Gasteiger partial charge in [0.1, 0.15) is 18.1 Å². The Kier molecular flexibility index (Phi) is 2.86. The minimum absolute atomic E-state index is 0.192. The molecule has 16 heavy (non-hydrogen) atoms. The van der Waals surface area contributed by atoms with E-state index >= 15 is 0 Å². The Bertz CT molecular complexity index is 410. The van der Waals surface area contributed by atoms with E-state index in [-0.39, 0.29) is 12.5 Å². The molecule has 1 aromatic heterocycles. The molecule has 86 valence electrons. The largest absolute Gasteiger partial charge is 0.479 e. The van der Waals surface area contributed by atoms with Gasteiger partial charge in [-0.25, -0.2) is 4.98 Å². The van der Waals surface area contributed by atoms with Crippen LogP contribution in [0.2, 0.25) is 0 Å². The second-order valence-corrected chi connectivity index (χ2v) is 3.25. The monoisotopic (exact) mass is 224 g/mol. The van der Waals surface area contributed by atoms with E-state index in [1.54, 1.807) is 0 Å². The Balaban J connectivity index is 2.30. The highest BCUT2D eigenvalue weighted by Crippen LogP contribution is 2.31. The molecule has 1 aliphatic heterocycles. The summed E-state index contributed by atoms with van der Waals surface area (Å²) < 4.78 is 9.94. The third-order valence-corrected chi connectivity index (χ3v) is 2.21. The van der Waals surface area contributed by atoms with Crippen molar-refractivity contribution in [2.75, 3.05) is 31.5 Å². The summed E-state index contributed by atoms with van der Waals surface area (Å²) in [5.74, 6) is 0.678. The molecule has 0 saturated carbocycles. The number of carbonyl (C=O) groups excluding carboxylic acids is 1. The molecule has 0 saturated heterocycles. The van der Waals surface area contributed by atoms with Gasteiger partial charge in [0.15, 0.2) is 5.82 Å². The summed E-state index contributed by atoms with van der Waals surface area (Å²) in [7, 11) is 3.01. The Morgan fingerprint density at radius 1 is 1.44 bits per heavy atom. The van der Waals surface area contributed by atoms with Gasteiger partial charge in [-0.15, -0.1) is 0 Å². The lowest BCUT2D eigenvalue weighted by Crippen LogP contribution is -2.42. The standard InChI is InChI=1S/C9H12N4O3/c1-15-3-5-8(14)13-6-7(12-5)10-4-11-9(6)16-2/h4-5H,3H2,1-2H3,(H,13,14)(H,10,11,12). The first kappa shape index (κ1) is 10.6.